The first kappa shape index (κ1) is 34.6. The molecule has 0 aliphatic heterocycles. The molecule has 0 unspecified atom stereocenters. The van der Waals surface area contributed by atoms with Gasteiger partial charge in [-0.3, -0.25) is 9.59 Å². The van der Waals surface area contributed by atoms with Crippen molar-refractivity contribution in [3.05, 3.63) is 167 Å². The normalized spacial score (nSPS) is 15.9. The molecule has 2 amide bonds. The first-order chi connectivity index (χ1) is 24.0. The number of hydrogen-bond donors (Lipinski definition) is 1. The topological polar surface area (TPSA) is 83.5 Å². The summed E-state index contributed by atoms with van der Waals surface area (Å²) < 4.78 is 62.7. The van der Waals surface area contributed by atoms with Crippen LogP contribution in [0.25, 0.3) is 11.1 Å². The average Bonchev–Trinajstić information content (AvgIpc) is 3.11. The Labute approximate surface area is 289 Å². The number of nitrogens with zero attached hydrogens (tertiary/aromatic N) is 1. The molecule has 0 fully saturated rings. The molecule has 256 valence electrons. The summed E-state index contributed by atoms with van der Waals surface area (Å²) in [5.41, 5.74) is 0.533. The predicted molar refractivity (Wildman–Crippen MR) is 186 cm³/mol. The van der Waals surface area contributed by atoms with Crippen LogP contribution in [0.2, 0.25) is 0 Å². The molecule has 10 heteroatoms. The van der Waals surface area contributed by atoms with Gasteiger partial charge in [-0.05, 0) is 76.3 Å². The minimum Gasteiger partial charge on any atom is -0.331 e. The summed E-state index contributed by atoms with van der Waals surface area (Å²) >= 11 is 0. The van der Waals surface area contributed by atoms with Crippen LogP contribution in [-0.2, 0) is 40.6 Å². The van der Waals surface area contributed by atoms with Crippen molar-refractivity contribution in [2.24, 2.45) is 5.92 Å². The van der Waals surface area contributed by atoms with E-state index in [2.05, 4.69) is 24.3 Å². The van der Waals surface area contributed by atoms with Crippen molar-refractivity contribution in [3.8, 4) is 11.1 Å². The molecule has 1 aliphatic carbocycles. The van der Waals surface area contributed by atoms with Crippen molar-refractivity contribution >= 4 is 21.8 Å². The summed E-state index contributed by atoms with van der Waals surface area (Å²) in [6, 6.07) is 41.2. The van der Waals surface area contributed by atoms with Crippen LogP contribution in [0.15, 0.2) is 133 Å². The van der Waals surface area contributed by atoms with Gasteiger partial charge in [0.25, 0.3) is 5.91 Å². The third kappa shape index (κ3) is 7.97. The van der Waals surface area contributed by atoms with E-state index in [-0.39, 0.29) is 29.9 Å². The Bertz CT molecular complexity index is 2090. The largest absolute Gasteiger partial charge is 0.516 e. The van der Waals surface area contributed by atoms with E-state index in [4.69, 9.17) is 0 Å². The summed E-state index contributed by atoms with van der Waals surface area (Å²) in [5.74, 6) is -1.28. The highest BCUT2D eigenvalue weighted by Crippen LogP contribution is 2.41. The molecule has 6 nitrogen and oxygen atoms in total. The zero-order valence-corrected chi connectivity index (χ0v) is 27.8. The van der Waals surface area contributed by atoms with Crippen molar-refractivity contribution in [2.75, 3.05) is 0 Å². The van der Waals surface area contributed by atoms with Gasteiger partial charge in [-0.2, -0.15) is 21.6 Å². The van der Waals surface area contributed by atoms with Crippen LogP contribution in [0.3, 0.4) is 0 Å². The summed E-state index contributed by atoms with van der Waals surface area (Å²) in [5, 5.41) is 0. The lowest BCUT2D eigenvalue weighted by Gasteiger charge is -2.42. The Morgan fingerprint density at radius 2 is 1.32 bits per heavy atom. The molecule has 50 heavy (non-hydrogen) atoms. The minimum absolute atomic E-state index is 0.0590. The number of sulfonamides is 1. The lowest BCUT2D eigenvalue weighted by atomic mass is 9.76. The number of carbonyl (C=O) groups is 2. The standard InChI is InChI=1S/C40H35F3N2O4S/c41-40(42,43)50(48,49)44-39(47)35-19-10-18-33(26-35)32-17-9-15-30(24-32)25-37(46)45(27-29-13-5-2-6-14-29)38-34(23-28-11-3-1-4-12-28)22-21-31-16-7-8-20-36(31)38/h1-20,24,26,34,38H,21-23,25,27H2,(H,44,47)/t34-,38-/m0/s1. The first-order valence-corrected chi connectivity index (χ1v) is 17.7. The van der Waals surface area contributed by atoms with E-state index in [1.807, 2.05) is 71.6 Å². The van der Waals surface area contributed by atoms with Crippen LogP contribution in [0, 0.1) is 5.92 Å². The Kier molecular flexibility index (Phi) is 10.2. The number of amides is 2. The van der Waals surface area contributed by atoms with Gasteiger partial charge >= 0.3 is 15.5 Å². The molecular weight excluding hydrogens is 662 g/mol. The molecule has 0 heterocycles. The lowest BCUT2D eigenvalue weighted by molar-refractivity contribution is -0.135. The van der Waals surface area contributed by atoms with Gasteiger partial charge in [-0.25, -0.2) is 4.72 Å². The highest BCUT2D eigenvalue weighted by atomic mass is 32.2. The number of hydrogen-bond acceptors (Lipinski definition) is 4. The number of fused-ring (bicyclic) bond motifs is 1. The predicted octanol–water partition coefficient (Wildman–Crippen LogP) is 8.05. The Hall–Kier alpha value is -5.22. The molecule has 0 radical (unpaired) electrons. The van der Waals surface area contributed by atoms with Gasteiger partial charge in [0.1, 0.15) is 0 Å². The summed E-state index contributed by atoms with van der Waals surface area (Å²) in [4.78, 5) is 29.0. The van der Waals surface area contributed by atoms with Crippen molar-refractivity contribution in [1.29, 1.82) is 0 Å². The van der Waals surface area contributed by atoms with Crippen molar-refractivity contribution in [3.63, 3.8) is 0 Å². The maximum absolute atomic E-state index is 14.6. The third-order valence-electron chi connectivity index (χ3n) is 9.07. The second-order valence-corrected chi connectivity index (χ2v) is 14.2. The number of carbonyl (C=O) groups excluding carboxylic acids is 2. The van der Waals surface area contributed by atoms with E-state index < -0.39 is 21.4 Å². The van der Waals surface area contributed by atoms with Crippen molar-refractivity contribution < 1.29 is 31.2 Å². The smallest absolute Gasteiger partial charge is 0.331 e. The van der Waals surface area contributed by atoms with Gasteiger partial charge in [0, 0.05) is 12.1 Å². The molecule has 2 atom stereocenters. The maximum Gasteiger partial charge on any atom is 0.516 e. The van der Waals surface area contributed by atoms with Crippen LogP contribution in [-0.4, -0.2) is 30.6 Å². The molecule has 0 bridgehead atoms. The molecular formula is C40H35F3N2O4S. The van der Waals surface area contributed by atoms with Gasteiger partial charge in [-0.1, -0.05) is 121 Å². The molecule has 0 saturated carbocycles. The molecule has 0 aromatic heterocycles. The van der Waals surface area contributed by atoms with Gasteiger partial charge in [0.2, 0.25) is 5.91 Å². The van der Waals surface area contributed by atoms with Gasteiger partial charge in [0.05, 0.1) is 12.5 Å². The van der Waals surface area contributed by atoms with Crippen LogP contribution in [0.5, 0.6) is 0 Å². The van der Waals surface area contributed by atoms with Crippen LogP contribution >= 0.6 is 0 Å². The summed E-state index contributed by atoms with van der Waals surface area (Å²) in [6.07, 6.45) is 2.76. The van der Waals surface area contributed by atoms with Gasteiger partial charge < -0.3 is 4.90 Å². The fourth-order valence-corrected chi connectivity index (χ4v) is 7.17. The second-order valence-electron chi connectivity index (χ2n) is 12.5. The minimum atomic E-state index is -5.87. The highest BCUT2D eigenvalue weighted by Gasteiger charge is 2.47. The van der Waals surface area contributed by atoms with E-state index in [0.29, 0.717) is 23.2 Å². The SMILES string of the molecule is O=C(NS(=O)(=O)C(F)(F)F)c1cccc(-c2cccc(CC(=O)N(Cc3ccccc3)[C@@H]3c4ccccc4CC[C@H]3Cc3ccccc3)c2)c1. The van der Waals surface area contributed by atoms with E-state index in [1.54, 1.807) is 24.3 Å². The van der Waals surface area contributed by atoms with Crippen LogP contribution in [0.4, 0.5) is 13.2 Å². The number of nitrogens with one attached hydrogen (secondary N) is 1. The molecule has 1 N–H and O–H groups in total. The number of benzene rings is 5. The molecule has 0 spiro atoms. The fourth-order valence-electron chi connectivity index (χ4n) is 6.69. The van der Waals surface area contributed by atoms with E-state index >= 15 is 0 Å². The van der Waals surface area contributed by atoms with Crippen LogP contribution in [0.1, 0.15) is 50.6 Å². The average molecular weight is 697 g/mol. The maximum atomic E-state index is 14.6. The monoisotopic (exact) mass is 696 g/mol. The number of rotatable bonds is 10. The Morgan fingerprint density at radius 3 is 2.02 bits per heavy atom. The van der Waals surface area contributed by atoms with Crippen LogP contribution < -0.4 is 4.72 Å². The van der Waals surface area contributed by atoms with Gasteiger partial charge in [0.15, 0.2) is 0 Å². The molecule has 1 aliphatic rings. The first-order valence-electron chi connectivity index (χ1n) is 16.3. The van der Waals surface area contributed by atoms with Crippen molar-refractivity contribution in [1.82, 2.24) is 9.62 Å². The zero-order valence-electron chi connectivity index (χ0n) is 27.0. The van der Waals surface area contributed by atoms with E-state index in [9.17, 15) is 31.2 Å². The second kappa shape index (κ2) is 14.7. The number of alkyl halides is 3. The Balaban J connectivity index is 1.30. The molecule has 5 aromatic carbocycles. The number of aryl methyl sites for hydroxylation is 1. The quantitative estimate of drug-likeness (QED) is 0.160. The van der Waals surface area contributed by atoms with Crippen molar-refractivity contribution in [2.45, 2.75) is 43.8 Å². The summed E-state index contributed by atoms with van der Waals surface area (Å²) in [7, 11) is -5.87. The van der Waals surface area contributed by atoms with E-state index in [0.717, 1.165) is 35.1 Å². The molecule has 0 saturated heterocycles. The number of halogens is 3. The lowest BCUT2D eigenvalue weighted by Crippen LogP contribution is -2.41. The summed E-state index contributed by atoms with van der Waals surface area (Å²) in [6.45, 7) is 0.418. The molecule has 5 aromatic rings. The highest BCUT2D eigenvalue weighted by molar-refractivity contribution is 7.90. The van der Waals surface area contributed by atoms with Gasteiger partial charge in [-0.15, -0.1) is 0 Å². The van der Waals surface area contributed by atoms with E-state index in [1.165, 1.54) is 29.3 Å². The Morgan fingerprint density at radius 1 is 0.720 bits per heavy atom. The third-order valence-corrected chi connectivity index (χ3v) is 10.1. The zero-order chi connectivity index (χ0) is 35.3. The fraction of sp³-hybridized carbons (Fsp3) is 0.200. The molecule has 6 rings (SSSR count).